The highest BCUT2D eigenvalue weighted by Gasteiger charge is 2.11. The van der Waals surface area contributed by atoms with Crippen LogP contribution in [0.15, 0.2) is 42.5 Å². The molecule has 19 heavy (non-hydrogen) atoms. The average Bonchev–Trinajstić information content (AvgIpc) is 2.41. The van der Waals surface area contributed by atoms with Crippen LogP contribution < -0.4 is 15.8 Å². The number of ether oxygens (including phenoxy) is 1. The lowest BCUT2D eigenvalue weighted by Crippen LogP contribution is -2.12. The van der Waals surface area contributed by atoms with Crippen molar-refractivity contribution in [3.05, 3.63) is 53.8 Å². The minimum absolute atomic E-state index is 0.0118. The highest BCUT2D eigenvalue weighted by atomic mass is 19.1. The third kappa shape index (κ3) is 3.01. The van der Waals surface area contributed by atoms with Gasteiger partial charge in [0, 0.05) is 12.7 Å². The summed E-state index contributed by atoms with van der Waals surface area (Å²) in [7, 11) is 1.81. The molecule has 4 nitrogen and oxygen atoms in total. The van der Waals surface area contributed by atoms with Crippen molar-refractivity contribution in [1.82, 2.24) is 0 Å². The van der Waals surface area contributed by atoms with E-state index in [0.717, 1.165) is 11.8 Å². The Kier molecular flexibility index (Phi) is 3.66. The molecule has 0 spiro atoms. The van der Waals surface area contributed by atoms with Gasteiger partial charge in [0.15, 0.2) is 0 Å². The quantitative estimate of drug-likeness (QED) is 0.888. The maximum atomic E-state index is 13.1. The minimum Gasteiger partial charge on any atom is -0.457 e. The second-order valence-electron chi connectivity index (χ2n) is 3.88. The second-order valence-corrected chi connectivity index (χ2v) is 3.88. The first kappa shape index (κ1) is 12.9. The Labute approximate surface area is 110 Å². The van der Waals surface area contributed by atoms with Crippen molar-refractivity contribution in [1.29, 1.82) is 0 Å². The van der Waals surface area contributed by atoms with Crippen molar-refractivity contribution in [3.63, 3.8) is 0 Å². The van der Waals surface area contributed by atoms with Crippen molar-refractivity contribution < 1.29 is 13.9 Å². The summed E-state index contributed by atoms with van der Waals surface area (Å²) in [6.07, 6.45) is 0. The monoisotopic (exact) mass is 260 g/mol. The summed E-state index contributed by atoms with van der Waals surface area (Å²) >= 11 is 0. The molecule has 5 heteroatoms. The van der Waals surface area contributed by atoms with Gasteiger partial charge in [-0.1, -0.05) is 0 Å². The van der Waals surface area contributed by atoms with Crippen molar-refractivity contribution in [2.24, 2.45) is 5.73 Å². The molecule has 0 saturated carbocycles. The van der Waals surface area contributed by atoms with E-state index in [1.54, 1.807) is 19.2 Å². The summed E-state index contributed by atoms with van der Waals surface area (Å²) in [6, 6.07) is 10.8. The Bertz CT molecular complexity index is 597. The van der Waals surface area contributed by atoms with Gasteiger partial charge in [-0.2, -0.15) is 0 Å². The lowest BCUT2D eigenvalue weighted by atomic mass is 10.2. The van der Waals surface area contributed by atoms with Gasteiger partial charge in [-0.05, 0) is 42.5 Å². The van der Waals surface area contributed by atoms with Crippen molar-refractivity contribution in [2.75, 3.05) is 12.4 Å². The minimum atomic E-state index is -0.735. The molecule has 2 aromatic carbocycles. The summed E-state index contributed by atoms with van der Waals surface area (Å²) in [5.41, 5.74) is 6.13. The molecular formula is C14H13FN2O2. The molecule has 0 aliphatic rings. The Morgan fingerprint density at radius 3 is 2.47 bits per heavy atom. The van der Waals surface area contributed by atoms with Crippen LogP contribution in [0.3, 0.4) is 0 Å². The van der Waals surface area contributed by atoms with E-state index in [4.69, 9.17) is 10.5 Å². The fourth-order valence-corrected chi connectivity index (χ4v) is 1.60. The normalized spacial score (nSPS) is 10.0. The smallest absolute Gasteiger partial charge is 0.252 e. The molecule has 1 amide bonds. The van der Waals surface area contributed by atoms with Gasteiger partial charge >= 0.3 is 0 Å². The van der Waals surface area contributed by atoms with E-state index in [1.807, 2.05) is 12.1 Å². The van der Waals surface area contributed by atoms with E-state index in [1.165, 1.54) is 12.1 Å². The van der Waals surface area contributed by atoms with Crippen LogP contribution in [0.2, 0.25) is 0 Å². The predicted molar refractivity (Wildman–Crippen MR) is 71.0 cm³/mol. The fraction of sp³-hybridized carbons (Fsp3) is 0.0714. The number of benzene rings is 2. The molecule has 0 fully saturated rings. The Balaban J connectivity index is 2.29. The molecule has 0 unspecified atom stereocenters. The SMILES string of the molecule is CNc1ccc(Oc2ccc(F)cc2C(N)=O)cc1. The van der Waals surface area contributed by atoms with Crippen LogP contribution >= 0.6 is 0 Å². The standard InChI is InChI=1S/C14H13FN2O2/c1-17-10-3-5-11(6-4-10)19-13-7-2-9(15)8-12(13)14(16)18/h2-8,17H,1H3,(H2,16,18). The first-order chi connectivity index (χ1) is 9.10. The third-order valence-corrected chi connectivity index (χ3v) is 2.58. The summed E-state index contributed by atoms with van der Waals surface area (Å²) in [4.78, 5) is 11.2. The van der Waals surface area contributed by atoms with Gasteiger partial charge in [0.25, 0.3) is 5.91 Å². The number of hydrogen-bond acceptors (Lipinski definition) is 3. The fourth-order valence-electron chi connectivity index (χ4n) is 1.60. The molecular weight excluding hydrogens is 247 g/mol. The van der Waals surface area contributed by atoms with Crippen molar-refractivity contribution >= 4 is 11.6 Å². The molecule has 0 atom stereocenters. The highest BCUT2D eigenvalue weighted by Crippen LogP contribution is 2.26. The van der Waals surface area contributed by atoms with Crippen LogP contribution in [0.1, 0.15) is 10.4 Å². The summed E-state index contributed by atoms with van der Waals surface area (Å²) in [5, 5.41) is 2.98. The first-order valence-electron chi connectivity index (χ1n) is 5.65. The Morgan fingerprint density at radius 1 is 1.21 bits per heavy atom. The van der Waals surface area contributed by atoms with Gasteiger partial charge in [-0.25, -0.2) is 4.39 Å². The van der Waals surface area contributed by atoms with E-state index in [2.05, 4.69) is 5.32 Å². The van der Waals surface area contributed by atoms with E-state index in [9.17, 15) is 9.18 Å². The predicted octanol–water partition coefficient (Wildman–Crippen LogP) is 2.76. The maximum absolute atomic E-state index is 13.1. The number of amides is 1. The van der Waals surface area contributed by atoms with Gasteiger partial charge in [0.2, 0.25) is 0 Å². The zero-order chi connectivity index (χ0) is 13.8. The highest BCUT2D eigenvalue weighted by molar-refractivity contribution is 5.95. The number of anilines is 1. The first-order valence-corrected chi connectivity index (χ1v) is 5.65. The number of halogens is 1. The van der Waals surface area contributed by atoms with Crippen molar-refractivity contribution in [3.8, 4) is 11.5 Å². The van der Waals surface area contributed by atoms with E-state index < -0.39 is 11.7 Å². The molecule has 0 radical (unpaired) electrons. The van der Waals surface area contributed by atoms with Crippen LogP contribution in [0.5, 0.6) is 11.5 Å². The molecule has 0 aliphatic heterocycles. The van der Waals surface area contributed by atoms with Gasteiger partial charge in [0.05, 0.1) is 5.56 Å². The zero-order valence-electron chi connectivity index (χ0n) is 10.3. The van der Waals surface area contributed by atoms with Gasteiger partial charge < -0.3 is 15.8 Å². The van der Waals surface area contributed by atoms with Gasteiger partial charge in [-0.15, -0.1) is 0 Å². The molecule has 2 aromatic rings. The summed E-state index contributed by atoms with van der Waals surface area (Å²) in [5.74, 6) is -0.507. The summed E-state index contributed by atoms with van der Waals surface area (Å²) in [6.45, 7) is 0. The average molecular weight is 260 g/mol. The van der Waals surface area contributed by atoms with E-state index in [-0.39, 0.29) is 11.3 Å². The molecule has 0 aliphatic carbocycles. The third-order valence-electron chi connectivity index (χ3n) is 2.58. The van der Waals surface area contributed by atoms with Crippen LogP contribution in [0, 0.1) is 5.82 Å². The lowest BCUT2D eigenvalue weighted by Gasteiger charge is -2.09. The summed E-state index contributed by atoms with van der Waals surface area (Å²) < 4.78 is 18.6. The van der Waals surface area contributed by atoms with Crippen molar-refractivity contribution in [2.45, 2.75) is 0 Å². The number of rotatable bonds is 4. The Hall–Kier alpha value is -2.56. The van der Waals surface area contributed by atoms with E-state index >= 15 is 0 Å². The molecule has 2 rings (SSSR count). The number of carbonyl (C=O) groups excluding carboxylic acids is 1. The molecule has 0 aromatic heterocycles. The van der Waals surface area contributed by atoms with E-state index in [0.29, 0.717) is 5.75 Å². The number of primary amides is 1. The maximum Gasteiger partial charge on any atom is 0.252 e. The van der Waals surface area contributed by atoms with Gasteiger partial charge in [-0.3, -0.25) is 4.79 Å². The molecule has 0 saturated heterocycles. The number of nitrogens with one attached hydrogen (secondary N) is 1. The molecule has 0 heterocycles. The zero-order valence-corrected chi connectivity index (χ0v) is 10.3. The Morgan fingerprint density at radius 2 is 1.89 bits per heavy atom. The number of carbonyl (C=O) groups is 1. The molecule has 0 bridgehead atoms. The topological polar surface area (TPSA) is 64.3 Å². The second kappa shape index (κ2) is 5.39. The molecule has 3 N–H and O–H groups in total. The van der Waals surface area contributed by atoms with Crippen LogP contribution in [0.25, 0.3) is 0 Å². The molecule has 98 valence electrons. The largest absolute Gasteiger partial charge is 0.457 e. The lowest BCUT2D eigenvalue weighted by molar-refractivity contribution is 0.0997. The van der Waals surface area contributed by atoms with Crippen LogP contribution in [-0.4, -0.2) is 13.0 Å². The number of nitrogens with two attached hydrogens (primary N) is 1. The van der Waals surface area contributed by atoms with Crippen LogP contribution in [-0.2, 0) is 0 Å². The number of hydrogen-bond donors (Lipinski definition) is 2. The van der Waals surface area contributed by atoms with Crippen LogP contribution in [0.4, 0.5) is 10.1 Å². The van der Waals surface area contributed by atoms with Gasteiger partial charge in [0.1, 0.15) is 17.3 Å².